The fraction of sp³-hybridized carbons (Fsp3) is 0.517. The molecule has 7 heteroatoms. The minimum Gasteiger partial charge on any atom is -0.453 e. The van der Waals surface area contributed by atoms with Crippen LogP contribution < -0.4 is 16.0 Å². The maximum Gasteiger partial charge on any atom is 0.406 e. The molecule has 1 aliphatic heterocycles. The van der Waals surface area contributed by atoms with Crippen LogP contribution in [0.15, 0.2) is 60.7 Å². The fourth-order valence-electron chi connectivity index (χ4n) is 6.61. The predicted molar refractivity (Wildman–Crippen MR) is 142 cm³/mol. The maximum atomic E-state index is 12.4. The van der Waals surface area contributed by atoms with Crippen molar-refractivity contribution >= 4 is 12.1 Å². The second-order valence-electron chi connectivity index (χ2n) is 10.2. The molecule has 2 aromatic rings. The van der Waals surface area contributed by atoms with Gasteiger partial charge in [0, 0.05) is 31.6 Å². The summed E-state index contributed by atoms with van der Waals surface area (Å²) in [6.45, 7) is 3.46. The Labute approximate surface area is 215 Å². The summed E-state index contributed by atoms with van der Waals surface area (Å²) in [5.41, 5.74) is 2.26. The van der Waals surface area contributed by atoms with Gasteiger partial charge in [0.05, 0.1) is 7.11 Å². The van der Waals surface area contributed by atoms with E-state index in [1.165, 1.54) is 18.2 Å². The van der Waals surface area contributed by atoms with E-state index < -0.39 is 6.09 Å². The predicted octanol–water partition coefficient (Wildman–Crippen LogP) is 4.29. The molecule has 1 unspecified atom stereocenters. The minimum absolute atomic E-state index is 0.0481. The number of rotatable bonds is 8. The number of benzene rings is 2. The Kier molecular flexibility index (Phi) is 8.86. The Hall–Kier alpha value is -3.06. The third-order valence-corrected chi connectivity index (χ3v) is 8.31. The van der Waals surface area contributed by atoms with Crippen LogP contribution in [0.25, 0.3) is 0 Å². The van der Waals surface area contributed by atoms with E-state index in [0.717, 1.165) is 51.7 Å². The van der Waals surface area contributed by atoms with E-state index in [4.69, 9.17) is 4.74 Å². The molecule has 36 heavy (non-hydrogen) atoms. The van der Waals surface area contributed by atoms with E-state index in [-0.39, 0.29) is 23.4 Å². The van der Waals surface area contributed by atoms with E-state index in [1.54, 1.807) is 7.05 Å². The van der Waals surface area contributed by atoms with Gasteiger partial charge in [0.1, 0.15) is 0 Å². The number of ether oxygens (including phenoxy) is 1. The van der Waals surface area contributed by atoms with Gasteiger partial charge in [-0.05, 0) is 61.7 Å². The van der Waals surface area contributed by atoms with E-state index >= 15 is 0 Å². The number of carbonyl (C=O) groups excluding carboxylic acids is 2. The van der Waals surface area contributed by atoms with Crippen molar-refractivity contribution in [1.29, 1.82) is 0 Å². The van der Waals surface area contributed by atoms with Crippen molar-refractivity contribution in [1.82, 2.24) is 20.9 Å². The smallest absolute Gasteiger partial charge is 0.406 e. The van der Waals surface area contributed by atoms with Crippen molar-refractivity contribution < 1.29 is 14.3 Å². The quantitative estimate of drug-likeness (QED) is 0.513. The highest BCUT2D eigenvalue weighted by atomic mass is 16.5. The summed E-state index contributed by atoms with van der Waals surface area (Å²) in [6.07, 6.45) is 4.67. The maximum absolute atomic E-state index is 12.4. The molecule has 1 aliphatic carbocycles. The molecule has 1 heterocycles. The zero-order valence-electron chi connectivity index (χ0n) is 21.5. The monoisotopic (exact) mass is 492 g/mol. The minimum atomic E-state index is -0.411. The lowest BCUT2D eigenvalue weighted by Crippen LogP contribution is -2.58. The highest BCUT2D eigenvalue weighted by Gasteiger charge is 2.51. The molecule has 3 amide bonds. The molecular weight excluding hydrogens is 452 g/mol. The summed E-state index contributed by atoms with van der Waals surface area (Å²) >= 11 is 0. The lowest BCUT2D eigenvalue weighted by molar-refractivity contribution is 0.0717. The van der Waals surface area contributed by atoms with Gasteiger partial charge in [-0.3, -0.25) is 4.90 Å². The summed E-state index contributed by atoms with van der Waals surface area (Å²) in [7, 11) is 3.07. The Morgan fingerprint density at radius 1 is 0.972 bits per heavy atom. The van der Waals surface area contributed by atoms with Crippen molar-refractivity contribution in [3.05, 3.63) is 71.8 Å². The first kappa shape index (κ1) is 26.0. The van der Waals surface area contributed by atoms with Crippen LogP contribution in [0.2, 0.25) is 0 Å². The third kappa shape index (κ3) is 5.84. The van der Waals surface area contributed by atoms with Gasteiger partial charge < -0.3 is 20.7 Å². The first-order chi connectivity index (χ1) is 17.6. The van der Waals surface area contributed by atoms with Crippen LogP contribution in [0.1, 0.15) is 43.2 Å². The van der Waals surface area contributed by atoms with Crippen LogP contribution in [-0.4, -0.2) is 56.9 Å². The molecule has 2 aliphatic rings. The van der Waals surface area contributed by atoms with Crippen LogP contribution in [0, 0.1) is 11.8 Å². The molecule has 2 aromatic carbocycles. The topological polar surface area (TPSA) is 82.7 Å². The van der Waals surface area contributed by atoms with Gasteiger partial charge in [-0.1, -0.05) is 67.1 Å². The van der Waals surface area contributed by atoms with Crippen LogP contribution >= 0.6 is 0 Å². The molecule has 194 valence electrons. The second-order valence-corrected chi connectivity index (χ2v) is 10.2. The lowest BCUT2D eigenvalue weighted by Gasteiger charge is -2.50. The number of hydrogen-bond acceptors (Lipinski definition) is 4. The molecule has 0 aromatic heterocycles. The molecule has 3 atom stereocenters. The highest BCUT2D eigenvalue weighted by molar-refractivity contribution is 5.74. The lowest BCUT2D eigenvalue weighted by atomic mass is 9.58. The third-order valence-electron chi connectivity index (χ3n) is 8.31. The molecule has 7 nitrogen and oxygen atoms in total. The Morgan fingerprint density at radius 3 is 2.28 bits per heavy atom. The molecule has 2 fully saturated rings. The SMILES string of the molecule is CNC(=O)N[C@H]1CCC[C@@H]1C(CNC(=O)OC)(c1ccccc1)C1CCN(Cc2ccccc2)CC1. The van der Waals surface area contributed by atoms with Crippen molar-refractivity contribution in [3.63, 3.8) is 0 Å². The summed E-state index contributed by atoms with van der Waals surface area (Å²) in [6, 6.07) is 21.1. The summed E-state index contributed by atoms with van der Waals surface area (Å²) in [5.74, 6) is 0.571. The van der Waals surface area contributed by atoms with Gasteiger partial charge in [0.25, 0.3) is 0 Å². The number of piperidine rings is 1. The number of hydrogen-bond donors (Lipinski definition) is 3. The molecule has 3 N–H and O–H groups in total. The molecule has 0 bridgehead atoms. The summed E-state index contributed by atoms with van der Waals surface area (Å²) < 4.78 is 4.99. The van der Waals surface area contributed by atoms with Crippen molar-refractivity contribution in [2.24, 2.45) is 11.8 Å². The Bertz CT molecular complexity index is 979. The molecule has 4 rings (SSSR count). The van der Waals surface area contributed by atoms with Gasteiger partial charge >= 0.3 is 12.1 Å². The van der Waals surface area contributed by atoms with Crippen molar-refractivity contribution in [2.45, 2.75) is 50.1 Å². The van der Waals surface area contributed by atoms with Gasteiger partial charge in [-0.25, -0.2) is 9.59 Å². The van der Waals surface area contributed by atoms with Crippen LogP contribution in [0.4, 0.5) is 9.59 Å². The molecule has 1 saturated heterocycles. The van der Waals surface area contributed by atoms with Crippen LogP contribution in [0.3, 0.4) is 0 Å². The average molecular weight is 493 g/mol. The second kappa shape index (κ2) is 12.3. The Balaban J connectivity index is 1.65. The normalized spacial score (nSPS) is 22.4. The standard InChI is InChI=1S/C29H40N4O3/c1-30-27(34)32-26-15-9-14-25(26)29(21-31-28(35)36-2,23-12-7-4-8-13-23)24-16-18-33(19-17-24)20-22-10-5-3-6-11-22/h3-8,10-13,24-26H,9,14-21H2,1-2H3,(H,31,35)(H2,30,32,34)/t25-,26-,29?/m0/s1. The number of amides is 3. The average Bonchev–Trinajstić information content (AvgIpc) is 3.39. The largest absolute Gasteiger partial charge is 0.453 e. The number of nitrogens with one attached hydrogen (secondary N) is 3. The molecule has 1 saturated carbocycles. The van der Waals surface area contributed by atoms with Crippen molar-refractivity contribution in [3.8, 4) is 0 Å². The van der Waals surface area contributed by atoms with Gasteiger partial charge in [-0.2, -0.15) is 0 Å². The molecule has 0 spiro atoms. The number of likely N-dealkylation sites (tertiary alicyclic amines) is 1. The van der Waals surface area contributed by atoms with Gasteiger partial charge in [-0.15, -0.1) is 0 Å². The number of alkyl carbamates (subject to hydrolysis) is 1. The van der Waals surface area contributed by atoms with E-state index in [0.29, 0.717) is 12.5 Å². The highest BCUT2D eigenvalue weighted by Crippen LogP contribution is 2.50. The van der Waals surface area contributed by atoms with Crippen LogP contribution in [0.5, 0.6) is 0 Å². The fourth-order valence-corrected chi connectivity index (χ4v) is 6.61. The Morgan fingerprint density at radius 2 is 1.64 bits per heavy atom. The van der Waals surface area contributed by atoms with Gasteiger partial charge in [0.15, 0.2) is 0 Å². The number of urea groups is 1. The molecular formula is C29H40N4O3. The first-order valence-corrected chi connectivity index (χ1v) is 13.2. The van der Waals surface area contributed by atoms with E-state index in [1.807, 2.05) is 6.07 Å². The van der Waals surface area contributed by atoms with Crippen LogP contribution in [-0.2, 0) is 16.7 Å². The van der Waals surface area contributed by atoms with Crippen molar-refractivity contribution in [2.75, 3.05) is 33.8 Å². The number of methoxy groups -OCH3 is 1. The summed E-state index contributed by atoms with van der Waals surface area (Å²) in [4.78, 5) is 27.2. The first-order valence-electron chi connectivity index (χ1n) is 13.2. The van der Waals surface area contributed by atoms with Gasteiger partial charge in [0.2, 0.25) is 0 Å². The summed E-state index contributed by atoms with van der Waals surface area (Å²) in [5, 5.41) is 9.04. The molecule has 0 radical (unpaired) electrons. The zero-order chi connectivity index (χ0) is 25.4. The number of carbonyl (C=O) groups is 2. The van der Waals surface area contributed by atoms with E-state index in [9.17, 15) is 9.59 Å². The zero-order valence-corrected chi connectivity index (χ0v) is 21.5. The number of nitrogens with zero attached hydrogens (tertiary/aromatic N) is 1. The van der Waals surface area contributed by atoms with E-state index in [2.05, 4.69) is 75.4 Å².